The zero-order valence-corrected chi connectivity index (χ0v) is 13.7. The molecular formula is C16H23FN2O3. The number of methoxy groups -OCH3 is 1. The van der Waals surface area contributed by atoms with E-state index in [4.69, 9.17) is 9.84 Å². The van der Waals surface area contributed by atoms with Crippen molar-refractivity contribution in [3.8, 4) is 5.75 Å². The second-order valence-corrected chi connectivity index (χ2v) is 5.07. The lowest BCUT2D eigenvalue weighted by Crippen LogP contribution is -2.15. The summed E-state index contributed by atoms with van der Waals surface area (Å²) in [6.45, 7) is 0.649. The minimum Gasteiger partial charge on any atom is -0.494 e. The summed E-state index contributed by atoms with van der Waals surface area (Å²) in [5.74, 6) is -0.200. The predicted molar refractivity (Wildman–Crippen MR) is 84.7 cm³/mol. The predicted octanol–water partition coefficient (Wildman–Crippen LogP) is 1.74. The minimum atomic E-state index is -0.401. The van der Waals surface area contributed by atoms with Crippen LogP contribution in [0.2, 0.25) is 0 Å². The van der Waals surface area contributed by atoms with Crippen molar-refractivity contribution in [3.63, 3.8) is 0 Å². The number of halogens is 1. The normalized spacial score (nSPS) is 10.5. The molecule has 0 spiro atoms. The van der Waals surface area contributed by atoms with Gasteiger partial charge in [-0.15, -0.1) is 0 Å². The number of aldehydes is 1. The van der Waals surface area contributed by atoms with Crippen molar-refractivity contribution in [3.05, 3.63) is 29.2 Å². The zero-order valence-electron chi connectivity index (χ0n) is 13.7. The number of nitrogens with zero attached hydrogens (tertiary/aromatic N) is 2. The van der Waals surface area contributed by atoms with Crippen LogP contribution in [0.4, 0.5) is 4.39 Å². The van der Waals surface area contributed by atoms with Gasteiger partial charge in [-0.1, -0.05) is 0 Å². The summed E-state index contributed by atoms with van der Waals surface area (Å²) >= 11 is 0. The molecule has 22 heavy (non-hydrogen) atoms. The first-order valence-corrected chi connectivity index (χ1v) is 6.87. The average Bonchev–Trinajstić information content (AvgIpc) is 2.76. The number of benzene rings is 1. The lowest BCUT2D eigenvalue weighted by Gasteiger charge is -2.12. The van der Waals surface area contributed by atoms with Crippen molar-refractivity contribution < 1.29 is 19.0 Å². The van der Waals surface area contributed by atoms with Gasteiger partial charge >= 0.3 is 0 Å². The summed E-state index contributed by atoms with van der Waals surface area (Å²) < 4.78 is 21.5. The number of aliphatic hydroxyl groups is 1. The van der Waals surface area contributed by atoms with Crippen molar-refractivity contribution >= 4 is 17.2 Å². The van der Waals surface area contributed by atoms with Crippen molar-refractivity contribution in [1.29, 1.82) is 0 Å². The Labute approximate surface area is 129 Å². The van der Waals surface area contributed by atoms with E-state index in [1.807, 2.05) is 36.7 Å². The molecule has 0 saturated carbocycles. The van der Waals surface area contributed by atoms with Gasteiger partial charge in [-0.2, -0.15) is 0 Å². The van der Waals surface area contributed by atoms with E-state index in [2.05, 4.69) is 0 Å². The summed E-state index contributed by atoms with van der Waals surface area (Å²) in [6, 6.07) is 3.44. The highest BCUT2D eigenvalue weighted by atomic mass is 19.1. The molecule has 0 aliphatic rings. The molecule has 0 saturated heterocycles. The number of fused-ring (bicyclic) bond motifs is 1. The number of ether oxygens (including phenoxy) is 1. The molecule has 2 aromatic rings. The van der Waals surface area contributed by atoms with Gasteiger partial charge < -0.3 is 24.1 Å². The quantitative estimate of drug-likeness (QED) is 0.855. The Hall–Kier alpha value is -1.92. The summed E-state index contributed by atoms with van der Waals surface area (Å²) in [4.78, 5) is 13.0. The van der Waals surface area contributed by atoms with Gasteiger partial charge in [0, 0.05) is 38.2 Å². The highest BCUT2D eigenvalue weighted by Crippen LogP contribution is 2.33. The first-order valence-electron chi connectivity index (χ1n) is 6.87. The molecule has 1 N–H and O–H groups in total. The molecule has 0 radical (unpaired) electrons. The van der Waals surface area contributed by atoms with Gasteiger partial charge in [-0.25, -0.2) is 4.39 Å². The van der Waals surface area contributed by atoms with Gasteiger partial charge in [0.25, 0.3) is 0 Å². The molecule has 1 aromatic heterocycles. The molecule has 6 heteroatoms. The Bertz CT molecular complexity index is 651. The topological polar surface area (TPSA) is 54.7 Å². The van der Waals surface area contributed by atoms with Crippen LogP contribution in [-0.4, -0.2) is 49.2 Å². The van der Waals surface area contributed by atoms with Crippen molar-refractivity contribution in [1.82, 2.24) is 9.47 Å². The molecule has 0 aliphatic heterocycles. The Balaban J connectivity index is 0.00000116. The molecule has 2 rings (SSSR count). The summed E-state index contributed by atoms with van der Waals surface area (Å²) in [5, 5.41) is 7.48. The summed E-state index contributed by atoms with van der Waals surface area (Å²) in [7, 11) is 8.22. The largest absolute Gasteiger partial charge is 0.494 e. The Kier molecular flexibility index (Phi) is 6.52. The molecule has 122 valence electrons. The van der Waals surface area contributed by atoms with Gasteiger partial charge in [0.1, 0.15) is 6.29 Å². The number of aliphatic hydroxyl groups excluding tert-OH is 1. The third kappa shape index (κ3) is 3.28. The Morgan fingerprint density at radius 1 is 1.36 bits per heavy atom. The third-order valence-corrected chi connectivity index (χ3v) is 3.47. The van der Waals surface area contributed by atoms with Crippen LogP contribution in [0.25, 0.3) is 10.9 Å². The van der Waals surface area contributed by atoms with Crippen LogP contribution in [0.5, 0.6) is 5.75 Å². The second kappa shape index (κ2) is 7.91. The maximum Gasteiger partial charge on any atom is 0.174 e. The van der Waals surface area contributed by atoms with Gasteiger partial charge in [-0.3, -0.25) is 0 Å². The molecule has 0 atom stereocenters. The molecule has 0 unspecified atom stereocenters. The van der Waals surface area contributed by atoms with E-state index >= 15 is 0 Å². The molecule has 0 bridgehead atoms. The highest BCUT2D eigenvalue weighted by Gasteiger charge is 2.20. The lowest BCUT2D eigenvalue weighted by molar-refractivity contribution is -0.107. The smallest absolute Gasteiger partial charge is 0.174 e. The first-order chi connectivity index (χ1) is 10.5. The maximum absolute atomic E-state index is 14.5. The minimum absolute atomic E-state index is 0.199. The van der Waals surface area contributed by atoms with Crippen LogP contribution in [-0.2, 0) is 24.8 Å². The monoisotopic (exact) mass is 310 g/mol. The fourth-order valence-electron chi connectivity index (χ4n) is 2.57. The Morgan fingerprint density at radius 3 is 2.50 bits per heavy atom. The average molecular weight is 310 g/mol. The number of aromatic nitrogens is 1. The van der Waals surface area contributed by atoms with E-state index in [0.717, 1.165) is 30.2 Å². The van der Waals surface area contributed by atoms with Gasteiger partial charge in [0.15, 0.2) is 11.6 Å². The molecule has 0 amide bonds. The van der Waals surface area contributed by atoms with E-state index in [-0.39, 0.29) is 12.2 Å². The van der Waals surface area contributed by atoms with Gasteiger partial charge in [0.05, 0.1) is 12.6 Å². The zero-order chi connectivity index (χ0) is 16.9. The van der Waals surface area contributed by atoms with Crippen LogP contribution in [0, 0.1) is 5.82 Å². The van der Waals surface area contributed by atoms with E-state index in [1.165, 1.54) is 7.11 Å². The number of carbonyl (C=O) groups is 1. The van der Waals surface area contributed by atoms with Crippen molar-refractivity contribution in [2.24, 2.45) is 7.05 Å². The number of hydrogen-bond donors (Lipinski definition) is 1. The number of carbonyl (C=O) groups excluding carboxylic acids is 1. The van der Waals surface area contributed by atoms with E-state index < -0.39 is 5.82 Å². The summed E-state index contributed by atoms with van der Waals surface area (Å²) in [6.07, 6.45) is 1.01. The molecule has 0 aliphatic carbocycles. The Morgan fingerprint density at radius 2 is 2.00 bits per heavy atom. The molecule has 0 fully saturated rings. The van der Waals surface area contributed by atoms with Gasteiger partial charge in [-0.05, 0) is 31.8 Å². The first kappa shape index (κ1) is 18.1. The second-order valence-electron chi connectivity index (χ2n) is 5.07. The molecule has 1 heterocycles. The van der Waals surface area contributed by atoms with Crippen molar-refractivity contribution in [2.45, 2.75) is 13.0 Å². The molecule has 5 nitrogen and oxygen atoms in total. The van der Waals surface area contributed by atoms with E-state index in [0.29, 0.717) is 11.9 Å². The standard InChI is InChI=1S/C15H19FN2O2.CH4O/c1-17(2)9-12-10(7-8-19)14-11(18(12)3)5-6-13(20-4)15(14)16;1-2/h5-6,8H,7,9H2,1-4H3;2H,1H3. The van der Waals surface area contributed by atoms with Crippen LogP contribution in [0.3, 0.4) is 0 Å². The van der Waals surface area contributed by atoms with E-state index in [9.17, 15) is 9.18 Å². The van der Waals surface area contributed by atoms with E-state index in [1.54, 1.807) is 6.07 Å². The van der Waals surface area contributed by atoms with Crippen LogP contribution >= 0.6 is 0 Å². The molecular weight excluding hydrogens is 287 g/mol. The van der Waals surface area contributed by atoms with Crippen LogP contribution < -0.4 is 4.74 Å². The van der Waals surface area contributed by atoms with Crippen LogP contribution in [0.1, 0.15) is 11.3 Å². The van der Waals surface area contributed by atoms with Crippen LogP contribution in [0.15, 0.2) is 12.1 Å². The SMILES string of the molecule is CO.COc1ccc2c(c1F)c(CC=O)c(CN(C)C)n2C. The fourth-order valence-corrected chi connectivity index (χ4v) is 2.57. The lowest BCUT2D eigenvalue weighted by atomic mass is 10.1. The number of hydrogen-bond acceptors (Lipinski definition) is 4. The number of rotatable bonds is 5. The third-order valence-electron chi connectivity index (χ3n) is 3.47. The summed E-state index contributed by atoms with van der Waals surface area (Å²) in [5.41, 5.74) is 2.46. The highest BCUT2D eigenvalue weighted by molar-refractivity contribution is 5.89. The fraction of sp³-hybridized carbons (Fsp3) is 0.438. The molecule has 1 aromatic carbocycles. The van der Waals surface area contributed by atoms with Gasteiger partial charge in [0.2, 0.25) is 0 Å². The van der Waals surface area contributed by atoms with Crippen molar-refractivity contribution in [2.75, 3.05) is 28.3 Å². The maximum atomic E-state index is 14.5. The number of aryl methyl sites for hydroxylation is 1.